The number of aryl methyl sites for hydroxylation is 1. The van der Waals surface area contributed by atoms with Gasteiger partial charge in [0.2, 0.25) is 0 Å². The molecule has 0 amide bonds. The van der Waals surface area contributed by atoms with Crippen molar-refractivity contribution in [3.05, 3.63) is 18.0 Å². The molecule has 0 bridgehead atoms. The average molecular weight is 294 g/mol. The van der Waals surface area contributed by atoms with Crippen LogP contribution in [0.25, 0.3) is 0 Å². The van der Waals surface area contributed by atoms with Crippen molar-refractivity contribution >= 4 is 0 Å². The van der Waals surface area contributed by atoms with Crippen molar-refractivity contribution < 1.29 is 0 Å². The molecule has 4 nitrogen and oxygen atoms in total. The highest BCUT2D eigenvalue weighted by molar-refractivity contribution is 5.09. The predicted molar refractivity (Wildman–Crippen MR) is 89.7 cm³/mol. The van der Waals surface area contributed by atoms with Crippen molar-refractivity contribution in [2.45, 2.75) is 83.6 Å². The average Bonchev–Trinajstić information content (AvgIpc) is 2.91. The lowest BCUT2D eigenvalue weighted by atomic mass is 10.0. The molecule has 0 radical (unpaired) electrons. The highest BCUT2D eigenvalue weighted by atomic mass is 15.3. The molecule has 0 aliphatic carbocycles. The predicted octanol–water partition coefficient (Wildman–Crippen LogP) is 4.24. The van der Waals surface area contributed by atoms with E-state index in [2.05, 4.69) is 17.4 Å². The summed E-state index contributed by atoms with van der Waals surface area (Å²) in [4.78, 5) is 0. The van der Waals surface area contributed by atoms with E-state index in [-0.39, 0.29) is 6.04 Å². The lowest BCUT2D eigenvalue weighted by molar-refractivity contribution is 0.474. The van der Waals surface area contributed by atoms with E-state index in [1.807, 2.05) is 24.1 Å². The first-order valence-corrected chi connectivity index (χ1v) is 8.72. The summed E-state index contributed by atoms with van der Waals surface area (Å²) in [5, 5.41) is 4.21. The Morgan fingerprint density at radius 3 is 2.10 bits per heavy atom. The molecule has 0 aliphatic heterocycles. The smallest absolute Gasteiger partial charge is 0.0538 e. The second-order valence-electron chi connectivity index (χ2n) is 6.14. The molecule has 1 unspecified atom stereocenters. The van der Waals surface area contributed by atoms with Crippen LogP contribution in [-0.4, -0.2) is 9.78 Å². The largest absolute Gasteiger partial charge is 0.275 e. The van der Waals surface area contributed by atoms with Crippen molar-refractivity contribution in [1.29, 1.82) is 0 Å². The Hall–Kier alpha value is -0.870. The molecule has 4 heteroatoms. The van der Waals surface area contributed by atoms with E-state index in [9.17, 15) is 0 Å². The molecular weight excluding hydrogens is 260 g/mol. The van der Waals surface area contributed by atoms with Gasteiger partial charge in [0.05, 0.1) is 6.20 Å². The Morgan fingerprint density at radius 1 is 1.05 bits per heavy atom. The Labute approximate surface area is 130 Å². The van der Waals surface area contributed by atoms with Gasteiger partial charge in [-0.15, -0.1) is 0 Å². The number of nitrogens with one attached hydrogen (secondary N) is 1. The quantitative estimate of drug-likeness (QED) is 0.325. The summed E-state index contributed by atoms with van der Waals surface area (Å²) in [5.74, 6) is 5.65. The molecule has 1 heterocycles. The molecule has 21 heavy (non-hydrogen) atoms. The van der Waals surface area contributed by atoms with Crippen LogP contribution in [0.15, 0.2) is 12.4 Å². The first-order valence-electron chi connectivity index (χ1n) is 8.72. The van der Waals surface area contributed by atoms with Gasteiger partial charge in [0.1, 0.15) is 0 Å². The van der Waals surface area contributed by atoms with E-state index >= 15 is 0 Å². The fourth-order valence-electron chi connectivity index (χ4n) is 2.80. The van der Waals surface area contributed by atoms with Gasteiger partial charge >= 0.3 is 0 Å². The Balaban J connectivity index is 1.98. The number of nitrogens with zero attached hydrogens (tertiary/aromatic N) is 2. The maximum atomic E-state index is 5.65. The first-order chi connectivity index (χ1) is 10.3. The maximum absolute atomic E-state index is 5.65. The minimum atomic E-state index is 0.243. The summed E-state index contributed by atoms with van der Waals surface area (Å²) < 4.78 is 1.83. The van der Waals surface area contributed by atoms with E-state index in [1.165, 1.54) is 69.8 Å². The zero-order valence-corrected chi connectivity index (χ0v) is 14.0. The molecule has 1 aromatic heterocycles. The summed E-state index contributed by atoms with van der Waals surface area (Å²) in [6.07, 6.45) is 18.8. The molecule has 1 atom stereocenters. The summed E-state index contributed by atoms with van der Waals surface area (Å²) in [6.45, 7) is 2.27. The van der Waals surface area contributed by atoms with E-state index in [0.29, 0.717) is 0 Å². The number of nitrogens with two attached hydrogens (primary N) is 1. The SMILES string of the molecule is CCCCCCCCCCCCC(NN)c1cnn(C)c1. The number of hydrogen-bond acceptors (Lipinski definition) is 3. The van der Waals surface area contributed by atoms with Gasteiger partial charge in [-0.25, -0.2) is 0 Å². The van der Waals surface area contributed by atoms with Gasteiger partial charge in [0.15, 0.2) is 0 Å². The molecule has 3 N–H and O–H groups in total. The normalized spacial score (nSPS) is 12.7. The van der Waals surface area contributed by atoms with Crippen molar-refractivity contribution in [1.82, 2.24) is 15.2 Å². The highest BCUT2D eigenvalue weighted by Gasteiger charge is 2.10. The molecular formula is C17H34N4. The summed E-state index contributed by atoms with van der Waals surface area (Å²) in [5.41, 5.74) is 4.10. The lowest BCUT2D eigenvalue weighted by Gasteiger charge is -2.13. The monoisotopic (exact) mass is 294 g/mol. The third-order valence-electron chi connectivity index (χ3n) is 4.17. The minimum absolute atomic E-state index is 0.243. The standard InChI is InChI=1S/C17H34N4/c1-3-4-5-6-7-8-9-10-11-12-13-17(20-18)16-14-19-21(2)15-16/h14-15,17,20H,3-13,18H2,1-2H3. The molecule has 0 aliphatic rings. The Morgan fingerprint density at radius 2 is 1.62 bits per heavy atom. The fraction of sp³-hybridized carbons (Fsp3) is 0.824. The third-order valence-corrected chi connectivity index (χ3v) is 4.17. The number of unbranched alkanes of at least 4 members (excludes halogenated alkanes) is 9. The van der Waals surface area contributed by atoms with E-state index < -0.39 is 0 Å². The van der Waals surface area contributed by atoms with Crippen molar-refractivity contribution in [3.63, 3.8) is 0 Å². The van der Waals surface area contributed by atoms with Crippen LogP contribution < -0.4 is 11.3 Å². The van der Waals surface area contributed by atoms with Gasteiger partial charge in [-0.2, -0.15) is 5.10 Å². The lowest BCUT2D eigenvalue weighted by Crippen LogP contribution is -2.27. The topological polar surface area (TPSA) is 55.9 Å². The van der Waals surface area contributed by atoms with Gasteiger partial charge in [-0.05, 0) is 6.42 Å². The zero-order valence-electron chi connectivity index (χ0n) is 14.0. The Bertz CT molecular complexity index is 348. The molecule has 0 saturated heterocycles. The van der Waals surface area contributed by atoms with Crippen LogP contribution in [0.2, 0.25) is 0 Å². The van der Waals surface area contributed by atoms with E-state index in [1.54, 1.807) is 0 Å². The number of aromatic nitrogens is 2. The van der Waals surface area contributed by atoms with Crippen LogP contribution in [-0.2, 0) is 7.05 Å². The van der Waals surface area contributed by atoms with Gasteiger partial charge in [0.25, 0.3) is 0 Å². The molecule has 0 aromatic carbocycles. The van der Waals surface area contributed by atoms with Gasteiger partial charge in [-0.3, -0.25) is 16.0 Å². The van der Waals surface area contributed by atoms with Crippen molar-refractivity contribution in [3.8, 4) is 0 Å². The number of hydrazine groups is 1. The van der Waals surface area contributed by atoms with Crippen LogP contribution >= 0.6 is 0 Å². The van der Waals surface area contributed by atoms with Crippen LogP contribution in [0.3, 0.4) is 0 Å². The summed E-state index contributed by atoms with van der Waals surface area (Å²) >= 11 is 0. The van der Waals surface area contributed by atoms with Gasteiger partial charge < -0.3 is 0 Å². The molecule has 0 spiro atoms. The second kappa shape index (κ2) is 11.8. The van der Waals surface area contributed by atoms with E-state index in [0.717, 1.165) is 6.42 Å². The van der Waals surface area contributed by atoms with Crippen LogP contribution in [0, 0.1) is 0 Å². The molecule has 1 rings (SSSR count). The zero-order chi connectivity index (χ0) is 15.3. The second-order valence-corrected chi connectivity index (χ2v) is 6.14. The number of hydrogen-bond donors (Lipinski definition) is 2. The van der Waals surface area contributed by atoms with Crippen molar-refractivity contribution in [2.24, 2.45) is 12.9 Å². The summed E-state index contributed by atoms with van der Waals surface area (Å²) in [7, 11) is 1.94. The molecule has 0 saturated carbocycles. The van der Waals surface area contributed by atoms with Crippen LogP contribution in [0.4, 0.5) is 0 Å². The highest BCUT2D eigenvalue weighted by Crippen LogP contribution is 2.19. The van der Waals surface area contributed by atoms with Crippen LogP contribution in [0.1, 0.15) is 89.2 Å². The van der Waals surface area contributed by atoms with Crippen molar-refractivity contribution in [2.75, 3.05) is 0 Å². The van der Waals surface area contributed by atoms with E-state index in [4.69, 9.17) is 5.84 Å². The maximum Gasteiger partial charge on any atom is 0.0538 e. The van der Waals surface area contributed by atoms with Crippen LogP contribution in [0.5, 0.6) is 0 Å². The third kappa shape index (κ3) is 8.22. The van der Waals surface area contributed by atoms with Gasteiger partial charge in [0, 0.05) is 24.8 Å². The number of rotatable bonds is 13. The van der Waals surface area contributed by atoms with Gasteiger partial charge in [-0.1, -0.05) is 71.1 Å². The molecule has 1 aromatic rings. The molecule has 0 fully saturated rings. The Kier molecular flexibility index (Phi) is 10.2. The summed E-state index contributed by atoms with van der Waals surface area (Å²) in [6, 6.07) is 0.243. The fourth-order valence-corrected chi connectivity index (χ4v) is 2.80. The first kappa shape index (κ1) is 18.2. The molecule has 122 valence electrons. The minimum Gasteiger partial charge on any atom is -0.275 e.